The van der Waals surface area contributed by atoms with Crippen molar-refractivity contribution in [1.29, 1.82) is 0 Å². The average Bonchev–Trinajstić information content (AvgIpc) is 2.72. The van der Waals surface area contributed by atoms with E-state index in [9.17, 15) is 32.6 Å². The summed E-state index contributed by atoms with van der Waals surface area (Å²) >= 11 is 5.69. The quantitative estimate of drug-likeness (QED) is 0.167. The van der Waals surface area contributed by atoms with Crippen molar-refractivity contribution in [3.63, 3.8) is 0 Å². The Balaban J connectivity index is 2.48. The van der Waals surface area contributed by atoms with Crippen molar-refractivity contribution < 1.29 is 36.9 Å². The summed E-state index contributed by atoms with van der Waals surface area (Å²) in [6, 6.07) is 2.69. The first-order valence-electron chi connectivity index (χ1n) is 8.52. The molecule has 0 aliphatic carbocycles. The molecule has 0 N–H and O–H groups in total. The molecule has 0 aromatic heterocycles. The SMILES string of the molecule is CC[PH](=O)C(C)OC(=O)c1cc(Oc2c(F)c(F)c(C)c(F)c2Cl)ccc1[N+](=O)[O-]. The van der Waals surface area contributed by atoms with E-state index in [0.29, 0.717) is 0 Å². The molecule has 162 valence electrons. The molecule has 0 radical (unpaired) electrons. The first-order valence-corrected chi connectivity index (χ1v) is 10.6. The topological polar surface area (TPSA) is 95.7 Å². The maximum atomic E-state index is 14.2. The highest BCUT2D eigenvalue weighted by Gasteiger charge is 2.27. The molecule has 2 unspecified atom stereocenters. The van der Waals surface area contributed by atoms with Crippen LogP contribution in [-0.2, 0) is 9.30 Å². The number of rotatable bonds is 7. The van der Waals surface area contributed by atoms with Gasteiger partial charge in [0.15, 0.2) is 17.4 Å². The van der Waals surface area contributed by atoms with E-state index in [1.54, 1.807) is 6.92 Å². The second-order valence-corrected chi connectivity index (χ2v) is 8.95. The first kappa shape index (κ1) is 23.7. The van der Waals surface area contributed by atoms with E-state index in [0.717, 1.165) is 25.1 Å². The molecule has 7 nitrogen and oxygen atoms in total. The van der Waals surface area contributed by atoms with E-state index < -0.39 is 69.6 Å². The van der Waals surface area contributed by atoms with Crippen LogP contribution < -0.4 is 4.74 Å². The molecule has 0 amide bonds. The van der Waals surface area contributed by atoms with Crippen LogP contribution in [0.15, 0.2) is 18.2 Å². The summed E-state index contributed by atoms with van der Waals surface area (Å²) in [4.78, 5) is 22.7. The van der Waals surface area contributed by atoms with Gasteiger partial charge < -0.3 is 14.0 Å². The second-order valence-electron chi connectivity index (χ2n) is 6.12. The third kappa shape index (κ3) is 4.76. The van der Waals surface area contributed by atoms with Gasteiger partial charge >= 0.3 is 5.97 Å². The molecule has 2 atom stereocenters. The van der Waals surface area contributed by atoms with Crippen LogP contribution in [0.25, 0.3) is 0 Å². The molecule has 12 heteroatoms. The Morgan fingerprint density at radius 1 is 1.27 bits per heavy atom. The van der Waals surface area contributed by atoms with Crippen molar-refractivity contribution in [1.82, 2.24) is 0 Å². The third-order valence-electron chi connectivity index (χ3n) is 4.13. The Labute approximate surface area is 174 Å². The van der Waals surface area contributed by atoms with Crippen molar-refractivity contribution in [3.05, 3.63) is 61.9 Å². The molecule has 2 aromatic carbocycles. The second kappa shape index (κ2) is 9.49. The Hall–Kier alpha value is -2.58. The van der Waals surface area contributed by atoms with Crippen LogP contribution in [0.3, 0.4) is 0 Å². The lowest BCUT2D eigenvalue weighted by Crippen LogP contribution is -2.14. The van der Waals surface area contributed by atoms with Gasteiger partial charge in [0, 0.05) is 17.7 Å². The van der Waals surface area contributed by atoms with E-state index in [-0.39, 0.29) is 11.9 Å². The summed E-state index contributed by atoms with van der Waals surface area (Å²) in [5.74, 6) is -7.85. The van der Waals surface area contributed by atoms with Crippen LogP contribution in [0.5, 0.6) is 11.5 Å². The van der Waals surface area contributed by atoms with E-state index in [1.165, 1.54) is 6.92 Å². The minimum Gasteiger partial charge on any atom is -0.452 e. The van der Waals surface area contributed by atoms with E-state index in [2.05, 4.69) is 0 Å². The van der Waals surface area contributed by atoms with Crippen LogP contribution in [0.4, 0.5) is 18.9 Å². The Morgan fingerprint density at radius 3 is 2.47 bits per heavy atom. The van der Waals surface area contributed by atoms with Gasteiger partial charge in [0.25, 0.3) is 5.69 Å². The minimum absolute atomic E-state index is 0.257. The van der Waals surface area contributed by atoms with Gasteiger partial charge in [-0.25, -0.2) is 13.6 Å². The van der Waals surface area contributed by atoms with Gasteiger partial charge in [0.1, 0.15) is 30.0 Å². The largest absolute Gasteiger partial charge is 0.452 e. The fraction of sp³-hybridized carbons (Fsp3) is 0.278. The van der Waals surface area contributed by atoms with Crippen LogP contribution >= 0.6 is 19.4 Å². The number of benzene rings is 2. The molecule has 0 saturated carbocycles. The molecule has 2 rings (SSSR count). The van der Waals surface area contributed by atoms with Gasteiger partial charge in [-0.1, -0.05) is 18.5 Å². The zero-order valence-corrected chi connectivity index (χ0v) is 17.7. The Bertz CT molecular complexity index is 1020. The normalized spacial score (nSPS) is 12.9. The summed E-state index contributed by atoms with van der Waals surface area (Å²) in [6.07, 6.45) is 0.257. The number of nitro groups is 1. The van der Waals surface area contributed by atoms with Crippen molar-refractivity contribution in [2.45, 2.75) is 26.6 Å². The zero-order chi connectivity index (χ0) is 22.7. The van der Waals surface area contributed by atoms with Gasteiger partial charge in [0.2, 0.25) is 5.82 Å². The first-order chi connectivity index (χ1) is 14.0. The number of esters is 1. The van der Waals surface area contributed by atoms with E-state index >= 15 is 0 Å². The lowest BCUT2D eigenvalue weighted by atomic mass is 10.1. The van der Waals surface area contributed by atoms with E-state index in [4.69, 9.17) is 21.1 Å². The van der Waals surface area contributed by atoms with Crippen LogP contribution in [0.1, 0.15) is 29.8 Å². The standard InChI is InChI=1S/C18H16ClF3NO6P/c1-4-30(27)9(3)28-18(24)11-7-10(5-6-12(11)23(25)26)29-17-13(19)14(20)8(2)15(21)16(17)22/h5-7,9,30H,4H2,1-3H3. The van der Waals surface area contributed by atoms with Crippen molar-refractivity contribution in [2.75, 3.05) is 6.16 Å². The fourth-order valence-electron chi connectivity index (χ4n) is 2.41. The monoisotopic (exact) mass is 465 g/mol. The Morgan fingerprint density at radius 2 is 1.90 bits per heavy atom. The van der Waals surface area contributed by atoms with Crippen LogP contribution in [0, 0.1) is 34.5 Å². The summed E-state index contributed by atoms with van der Waals surface area (Å²) in [7, 11) is -2.27. The predicted octanol–water partition coefficient (Wildman–Crippen LogP) is 5.85. The van der Waals surface area contributed by atoms with Crippen molar-refractivity contribution >= 4 is 31.1 Å². The number of carbonyl (C=O) groups is 1. The smallest absolute Gasteiger partial charge is 0.346 e. The average molecular weight is 466 g/mol. The van der Waals surface area contributed by atoms with Crippen molar-refractivity contribution in [3.8, 4) is 11.5 Å². The number of ether oxygens (including phenoxy) is 2. The lowest BCUT2D eigenvalue weighted by molar-refractivity contribution is -0.385. The minimum atomic E-state index is -2.27. The highest BCUT2D eigenvalue weighted by Crippen LogP contribution is 2.39. The van der Waals surface area contributed by atoms with Gasteiger partial charge in [-0.3, -0.25) is 10.1 Å². The number of nitro benzene ring substituents is 1. The number of hydrogen-bond donors (Lipinski definition) is 0. The predicted molar refractivity (Wildman–Crippen MR) is 104 cm³/mol. The molecule has 30 heavy (non-hydrogen) atoms. The maximum Gasteiger partial charge on any atom is 0.346 e. The number of halogens is 4. The molecule has 0 heterocycles. The number of nitrogens with zero attached hydrogens (tertiary/aromatic N) is 1. The van der Waals surface area contributed by atoms with Crippen molar-refractivity contribution in [2.24, 2.45) is 0 Å². The molecular formula is C18H16ClF3NO6P. The molecule has 0 fully saturated rings. The molecule has 0 aliphatic rings. The van der Waals surface area contributed by atoms with Gasteiger partial charge in [-0.2, -0.15) is 4.39 Å². The molecule has 0 aliphatic heterocycles. The number of hydrogen-bond acceptors (Lipinski definition) is 6. The summed E-state index contributed by atoms with van der Waals surface area (Å²) in [5, 5.41) is 10.4. The van der Waals surface area contributed by atoms with Gasteiger partial charge in [-0.05, 0) is 26.1 Å². The van der Waals surface area contributed by atoms with Gasteiger partial charge in [0.05, 0.1) is 4.92 Å². The van der Waals surface area contributed by atoms with Gasteiger partial charge in [-0.15, -0.1) is 0 Å². The fourth-order valence-corrected chi connectivity index (χ4v) is 3.48. The highest BCUT2D eigenvalue weighted by molar-refractivity contribution is 7.45. The lowest BCUT2D eigenvalue weighted by Gasteiger charge is -2.14. The highest BCUT2D eigenvalue weighted by atomic mass is 35.5. The van der Waals surface area contributed by atoms with Crippen LogP contribution in [0.2, 0.25) is 5.02 Å². The molecule has 0 saturated heterocycles. The molecule has 0 spiro atoms. The molecule has 2 aromatic rings. The zero-order valence-electron chi connectivity index (χ0n) is 15.9. The summed E-state index contributed by atoms with van der Waals surface area (Å²) in [6.45, 7) is 3.98. The van der Waals surface area contributed by atoms with E-state index in [1.807, 2.05) is 0 Å². The Kier molecular flexibility index (Phi) is 7.49. The molecular weight excluding hydrogens is 450 g/mol. The maximum absolute atomic E-state index is 14.2. The summed E-state index contributed by atoms with van der Waals surface area (Å²) < 4.78 is 63.8. The summed E-state index contributed by atoms with van der Waals surface area (Å²) in [5.41, 5.74) is -1.90. The third-order valence-corrected chi connectivity index (χ3v) is 6.19. The number of carbonyl (C=O) groups excluding carboxylic acids is 1. The molecule has 0 bridgehead atoms. The van der Waals surface area contributed by atoms with Crippen LogP contribution in [-0.4, -0.2) is 22.9 Å².